The van der Waals surface area contributed by atoms with Gasteiger partial charge in [-0.1, -0.05) is 11.8 Å². The second-order valence-corrected chi connectivity index (χ2v) is 6.92. The van der Waals surface area contributed by atoms with Crippen molar-refractivity contribution in [2.75, 3.05) is 12.0 Å². The lowest BCUT2D eigenvalue weighted by atomic mass is 10.1. The van der Waals surface area contributed by atoms with Gasteiger partial charge in [0.1, 0.15) is 16.3 Å². The van der Waals surface area contributed by atoms with Crippen molar-refractivity contribution in [1.82, 2.24) is 9.97 Å². The van der Waals surface area contributed by atoms with Gasteiger partial charge in [-0.05, 0) is 36.6 Å². The molecule has 0 saturated heterocycles. The number of rotatable bonds is 3. The van der Waals surface area contributed by atoms with Crippen molar-refractivity contribution in [3.8, 4) is 22.8 Å². The summed E-state index contributed by atoms with van der Waals surface area (Å²) in [5.41, 5.74) is 13.5. The zero-order valence-corrected chi connectivity index (χ0v) is 14.2. The Hall–Kier alpha value is -2.58. The van der Waals surface area contributed by atoms with Crippen LogP contribution in [0.3, 0.4) is 0 Å². The van der Waals surface area contributed by atoms with E-state index in [2.05, 4.69) is 9.97 Å². The minimum Gasteiger partial charge on any atom is -0.454 e. The van der Waals surface area contributed by atoms with Gasteiger partial charge in [0.25, 0.3) is 5.91 Å². The van der Waals surface area contributed by atoms with Gasteiger partial charge in [0, 0.05) is 16.6 Å². The molecule has 0 radical (unpaired) electrons. The lowest BCUT2D eigenvalue weighted by Gasteiger charge is -2.07. The minimum absolute atomic E-state index is 0.442. The number of hydrogen-bond donors (Lipinski definition) is 2. The van der Waals surface area contributed by atoms with Gasteiger partial charge in [0.15, 0.2) is 10.9 Å². The summed E-state index contributed by atoms with van der Waals surface area (Å²) < 4.78 is 5.95. The van der Waals surface area contributed by atoms with Crippen LogP contribution in [0.2, 0.25) is 0 Å². The largest absolute Gasteiger partial charge is 0.454 e. The molecule has 0 aromatic carbocycles. The molecule has 0 atom stereocenters. The maximum atomic E-state index is 11.5. The van der Waals surface area contributed by atoms with E-state index in [4.69, 9.17) is 15.9 Å². The van der Waals surface area contributed by atoms with E-state index in [1.54, 1.807) is 12.1 Å². The summed E-state index contributed by atoms with van der Waals surface area (Å²) in [5, 5.41) is 1.35. The number of nitrogens with zero attached hydrogens (tertiary/aromatic N) is 2. The summed E-state index contributed by atoms with van der Waals surface area (Å²) in [6, 6.07) is 9.06. The molecule has 4 rings (SSSR count). The molecule has 24 heavy (non-hydrogen) atoms. The zero-order chi connectivity index (χ0) is 16.8. The van der Waals surface area contributed by atoms with E-state index in [1.807, 2.05) is 24.5 Å². The van der Waals surface area contributed by atoms with Crippen molar-refractivity contribution < 1.29 is 9.21 Å². The number of nitrogens with two attached hydrogens (primary N) is 2. The van der Waals surface area contributed by atoms with E-state index < -0.39 is 5.91 Å². The van der Waals surface area contributed by atoms with Gasteiger partial charge in [0.05, 0.1) is 4.88 Å². The molecule has 2 aromatic heterocycles. The average Bonchev–Trinajstić information content (AvgIpc) is 3.17. The molecule has 0 unspecified atom stereocenters. The Morgan fingerprint density at radius 1 is 1.21 bits per heavy atom. The van der Waals surface area contributed by atoms with Crippen LogP contribution in [0.4, 0.5) is 5.69 Å². The molecule has 0 fully saturated rings. The molecule has 0 saturated carbocycles. The number of thiophene rings is 1. The number of anilines is 1. The minimum atomic E-state index is -0.481. The van der Waals surface area contributed by atoms with E-state index in [-0.39, 0.29) is 0 Å². The van der Waals surface area contributed by atoms with Gasteiger partial charge in [-0.2, -0.15) is 0 Å². The number of amides is 1. The van der Waals surface area contributed by atoms with Crippen molar-refractivity contribution >= 4 is 44.9 Å². The summed E-state index contributed by atoms with van der Waals surface area (Å²) in [5.74, 6) is 0.795. The fourth-order valence-corrected chi connectivity index (χ4v) is 3.80. The van der Waals surface area contributed by atoms with Crippen LogP contribution < -0.4 is 11.5 Å². The Morgan fingerprint density at radius 3 is 2.75 bits per heavy atom. The first kappa shape index (κ1) is 15.0. The first-order valence-electron chi connectivity index (χ1n) is 7.00. The van der Waals surface area contributed by atoms with Crippen LogP contribution in [0, 0.1) is 0 Å². The molecule has 8 heteroatoms. The fourth-order valence-electron chi connectivity index (χ4n) is 2.50. The van der Waals surface area contributed by atoms with Gasteiger partial charge in [0.2, 0.25) is 0 Å². The molecule has 4 N–H and O–H groups in total. The van der Waals surface area contributed by atoms with Crippen molar-refractivity contribution in [2.24, 2.45) is 5.73 Å². The second-order valence-electron chi connectivity index (χ2n) is 5.12. The SMILES string of the molecule is CSc1nc(-c2ccc3c(N)ccc-3o2)c2cc(C(N)=O)sc2n1. The molecular formula is C16H12N4O2S2. The monoisotopic (exact) mass is 356 g/mol. The third kappa shape index (κ3) is 2.31. The fraction of sp³-hybridized carbons (Fsp3) is 0.0625. The molecule has 0 bridgehead atoms. The second kappa shape index (κ2) is 5.50. The maximum Gasteiger partial charge on any atom is 0.258 e. The molecule has 6 nitrogen and oxygen atoms in total. The van der Waals surface area contributed by atoms with Gasteiger partial charge in [-0.15, -0.1) is 11.3 Å². The molecule has 3 heterocycles. The van der Waals surface area contributed by atoms with E-state index in [0.29, 0.717) is 37.8 Å². The number of carbonyl (C=O) groups is 1. The van der Waals surface area contributed by atoms with Crippen LogP contribution in [0.15, 0.2) is 39.9 Å². The first-order chi connectivity index (χ1) is 11.6. The Balaban J connectivity index is 1.99. The topological polar surface area (TPSA) is 108 Å². The van der Waals surface area contributed by atoms with Crippen molar-refractivity contribution in [3.05, 3.63) is 35.2 Å². The smallest absolute Gasteiger partial charge is 0.258 e. The summed E-state index contributed by atoms with van der Waals surface area (Å²) in [4.78, 5) is 21.6. The van der Waals surface area contributed by atoms with Crippen LogP contribution in [-0.4, -0.2) is 22.1 Å². The predicted molar refractivity (Wildman–Crippen MR) is 96.5 cm³/mol. The molecule has 0 spiro atoms. The van der Waals surface area contributed by atoms with Crippen molar-refractivity contribution in [2.45, 2.75) is 5.16 Å². The summed E-state index contributed by atoms with van der Waals surface area (Å²) >= 11 is 2.68. The van der Waals surface area contributed by atoms with Gasteiger partial charge in [-0.3, -0.25) is 4.79 Å². The van der Waals surface area contributed by atoms with E-state index in [9.17, 15) is 4.79 Å². The van der Waals surface area contributed by atoms with Gasteiger partial charge >= 0.3 is 0 Å². The highest BCUT2D eigenvalue weighted by Gasteiger charge is 2.18. The summed E-state index contributed by atoms with van der Waals surface area (Å²) in [7, 11) is 0. The summed E-state index contributed by atoms with van der Waals surface area (Å²) in [6.45, 7) is 0. The first-order valence-corrected chi connectivity index (χ1v) is 9.04. The number of fused-ring (bicyclic) bond motifs is 2. The van der Waals surface area contributed by atoms with Crippen LogP contribution >= 0.6 is 23.1 Å². The molecule has 1 aliphatic carbocycles. The van der Waals surface area contributed by atoms with Crippen LogP contribution in [-0.2, 0) is 0 Å². The summed E-state index contributed by atoms with van der Waals surface area (Å²) in [6.07, 6.45) is 1.89. The van der Waals surface area contributed by atoms with Gasteiger partial charge < -0.3 is 15.9 Å². The Morgan fingerprint density at radius 2 is 2.00 bits per heavy atom. The number of aromatic nitrogens is 2. The van der Waals surface area contributed by atoms with Crippen molar-refractivity contribution in [1.29, 1.82) is 0 Å². The van der Waals surface area contributed by atoms with Crippen LogP contribution in [0.1, 0.15) is 9.67 Å². The highest BCUT2D eigenvalue weighted by Crippen LogP contribution is 2.37. The van der Waals surface area contributed by atoms with E-state index in [0.717, 1.165) is 10.9 Å². The third-order valence-corrected chi connectivity index (χ3v) is 5.23. The lowest BCUT2D eigenvalue weighted by Crippen LogP contribution is -2.08. The lowest BCUT2D eigenvalue weighted by molar-refractivity contribution is 0.100. The number of thioether (sulfide) groups is 1. The van der Waals surface area contributed by atoms with Crippen LogP contribution in [0.5, 0.6) is 0 Å². The van der Waals surface area contributed by atoms with Crippen LogP contribution in [0.25, 0.3) is 33.0 Å². The highest BCUT2D eigenvalue weighted by molar-refractivity contribution is 7.98. The molecule has 1 amide bonds. The Labute approximate surface area is 145 Å². The zero-order valence-electron chi connectivity index (χ0n) is 12.6. The molecular weight excluding hydrogens is 344 g/mol. The average molecular weight is 356 g/mol. The number of hydrogen-bond acceptors (Lipinski definition) is 7. The highest BCUT2D eigenvalue weighted by atomic mass is 32.2. The number of carbonyl (C=O) groups excluding carboxylic acids is 1. The maximum absolute atomic E-state index is 11.5. The quantitative estimate of drug-likeness (QED) is 0.430. The number of primary amides is 1. The third-order valence-electron chi connectivity index (χ3n) is 3.64. The molecule has 2 aromatic rings. The standard InChI is InChI=1S/C16H12N4O2S2/c1-23-16-19-13(8-6-12(14(18)21)24-15(8)20-16)11-4-2-7-9(17)3-5-10(7)22-11/h2-6H,17H2,1H3,(H2,18,21). The van der Waals surface area contributed by atoms with E-state index >= 15 is 0 Å². The molecule has 120 valence electrons. The Bertz CT molecular complexity index is 1050. The van der Waals surface area contributed by atoms with E-state index in [1.165, 1.54) is 23.1 Å². The van der Waals surface area contributed by atoms with Gasteiger partial charge in [-0.25, -0.2) is 9.97 Å². The predicted octanol–water partition coefficient (Wildman–Crippen LogP) is 3.46. The normalized spacial score (nSPS) is 11.4. The number of nitrogen functional groups attached to an aromatic ring is 1. The van der Waals surface area contributed by atoms with Crippen molar-refractivity contribution in [3.63, 3.8) is 0 Å². The Kier molecular flexibility index (Phi) is 3.43. The molecule has 1 aliphatic heterocycles. The molecule has 2 aliphatic rings.